The molecule has 14 heavy (non-hydrogen) atoms. The number of rotatable bonds is 2. The van der Waals surface area contributed by atoms with Crippen molar-refractivity contribution in [2.45, 2.75) is 32.9 Å². The molecule has 0 aliphatic carbocycles. The fourth-order valence-corrected chi connectivity index (χ4v) is 1.16. The SMILES string of the molecule is CC(C)(C)NC(=O)C[n+]1ccccc1. The summed E-state index contributed by atoms with van der Waals surface area (Å²) in [5.41, 5.74) is -0.160. The number of aromatic nitrogens is 1. The average molecular weight is 193 g/mol. The highest BCUT2D eigenvalue weighted by atomic mass is 16.2. The van der Waals surface area contributed by atoms with Crippen LogP contribution in [-0.2, 0) is 11.3 Å². The van der Waals surface area contributed by atoms with Gasteiger partial charge in [-0.2, -0.15) is 4.57 Å². The summed E-state index contributed by atoms with van der Waals surface area (Å²) in [5.74, 6) is 0.0358. The molecule has 0 saturated heterocycles. The minimum atomic E-state index is -0.160. The highest BCUT2D eigenvalue weighted by Gasteiger charge is 2.16. The van der Waals surface area contributed by atoms with Crippen molar-refractivity contribution in [3.63, 3.8) is 0 Å². The summed E-state index contributed by atoms with van der Waals surface area (Å²) in [4.78, 5) is 11.5. The highest BCUT2D eigenvalue weighted by Crippen LogP contribution is 1.97. The maximum absolute atomic E-state index is 11.5. The van der Waals surface area contributed by atoms with Gasteiger partial charge < -0.3 is 5.32 Å². The number of nitrogens with one attached hydrogen (secondary N) is 1. The summed E-state index contributed by atoms with van der Waals surface area (Å²) < 4.78 is 1.85. The van der Waals surface area contributed by atoms with E-state index in [0.717, 1.165) is 0 Å². The largest absolute Gasteiger partial charge is 0.346 e. The van der Waals surface area contributed by atoms with Crippen molar-refractivity contribution in [2.24, 2.45) is 0 Å². The minimum absolute atomic E-state index is 0.0358. The first-order valence-corrected chi connectivity index (χ1v) is 4.72. The van der Waals surface area contributed by atoms with Gasteiger partial charge in [-0.05, 0) is 20.8 Å². The van der Waals surface area contributed by atoms with E-state index in [1.807, 2.05) is 55.9 Å². The lowest BCUT2D eigenvalue weighted by atomic mass is 10.1. The monoisotopic (exact) mass is 193 g/mol. The first-order chi connectivity index (χ1) is 6.47. The third-order valence-electron chi connectivity index (χ3n) is 1.62. The van der Waals surface area contributed by atoms with Crippen molar-refractivity contribution in [1.82, 2.24) is 5.32 Å². The number of hydrogen-bond acceptors (Lipinski definition) is 1. The summed E-state index contributed by atoms with van der Waals surface area (Å²) in [6.45, 7) is 6.29. The maximum Gasteiger partial charge on any atom is 0.286 e. The van der Waals surface area contributed by atoms with E-state index < -0.39 is 0 Å². The van der Waals surface area contributed by atoms with E-state index in [-0.39, 0.29) is 11.4 Å². The molecule has 0 unspecified atom stereocenters. The molecule has 76 valence electrons. The Morgan fingerprint density at radius 1 is 1.21 bits per heavy atom. The van der Waals surface area contributed by atoms with Gasteiger partial charge in [0, 0.05) is 17.7 Å². The second-order valence-electron chi connectivity index (χ2n) is 4.35. The molecule has 0 fully saturated rings. The van der Waals surface area contributed by atoms with E-state index >= 15 is 0 Å². The van der Waals surface area contributed by atoms with Gasteiger partial charge >= 0.3 is 0 Å². The second-order valence-corrected chi connectivity index (χ2v) is 4.35. The molecule has 3 heteroatoms. The average Bonchev–Trinajstić information content (AvgIpc) is 2.02. The zero-order chi connectivity index (χ0) is 10.6. The predicted octanol–water partition coefficient (Wildman–Crippen LogP) is 0.889. The van der Waals surface area contributed by atoms with Gasteiger partial charge in [0.1, 0.15) is 0 Å². The van der Waals surface area contributed by atoms with Crippen molar-refractivity contribution >= 4 is 5.91 Å². The molecule has 0 aliphatic heterocycles. The molecule has 0 radical (unpaired) electrons. The standard InChI is InChI=1S/C11H16N2O/c1-11(2,3)12-10(14)9-13-7-5-4-6-8-13/h4-8H,9H2,1-3H3/p+1. The molecule has 1 aromatic rings. The van der Waals surface area contributed by atoms with E-state index in [1.165, 1.54) is 0 Å². The van der Waals surface area contributed by atoms with Crippen LogP contribution in [0.2, 0.25) is 0 Å². The van der Waals surface area contributed by atoms with E-state index in [4.69, 9.17) is 0 Å². The van der Waals surface area contributed by atoms with E-state index in [1.54, 1.807) is 0 Å². The Labute approximate surface area is 84.8 Å². The first kappa shape index (κ1) is 10.7. The molecule has 0 aromatic carbocycles. The number of carbonyl (C=O) groups is 1. The lowest BCUT2D eigenvalue weighted by molar-refractivity contribution is -0.684. The molecule has 1 rings (SSSR count). The number of hydrogen-bond donors (Lipinski definition) is 1. The molecule has 1 N–H and O–H groups in total. The molecule has 0 aliphatic rings. The smallest absolute Gasteiger partial charge is 0.286 e. The molecule has 0 bridgehead atoms. The van der Waals surface area contributed by atoms with Gasteiger partial charge in [0.05, 0.1) is 0 Å². The molecule has 1 amide bonds. The zero-order valence-electron chi connectivity index (χ0n) is 8.95. The van der Waals surface area contributed by atoms with Crippen molar-refractivity contribution in [3.8, 4) is 0 Å². The third-order valence-corrected chi connectivity index (χ3v) is 1.62. The van der Waals surface area contributed by atoms with Crippen LogP contribution in [0, 0.1) is 0 Å². The van der Waals surface area contributed by atoms with Crippen LogP contribution in [0.25, 0.3) is 0 Å². The topological polar surface area (TPSA) is 33.0 Å². The first-order valence-electron chi connectivity index (χ1n) is 4.72. The summed E-state index contributed by atoms with van der Waals surface area (Å²) in [6.07, 6.45) is 3.75. The van der Waals surface area contributed by atoms with E-state index in [9.17, 15) is 4.79 Å². The Morgan fingerprint density at radius 2 is 1.79 bits per heavy atom. The van der Waals surface area contributed by atoms with Crippen LogP contribution in [-0.4, -0.2) is 11.4 Å². The van der Waals surface area contributed by atoms with Crippen molar-refractivity contribution in [1.29, 1.82) is 0 Å². The Hall–Kier alpha value is -1.38. The minimum Gasteiger partial charge on any atom is -0.346 e. The van der Waals surface area contributed by atoms with Gasteiger partial charge in [0.2, 0.25) is 6.54 Å². The molecule has 1 aromatic heterocycles. The van der Waals surface area contributed by atoms with Crippen LogP contribution in [0.1, 0.15) is 20.8 Å². The molecule has 0 spiro atoms. The Kier molecular flexibility index (Phi) is 3.23. The fourth-order valence-electron chi connectivity index (χ4n) is 1.16. The van der Waals surface area contributed by atoms with Crippen molar-refractivity contribution < 1.29 is 9.36 Å². The Bertz CT molecular complexity index is 301. The maximum atomic E-state index is 11.5. The molecular weight excluding hydrogens is 176 g/mol. The Balaban J connectivity index is 2.50. The highest BCUT2D eigenvalue weighted by molar-refractivity contribution is 5.75. The second kappa shape index (κ2) is 4.22. The molecular formula is C11H17N2O+. The molecule has 0 atom stereocenters. The van der Waals surface area contributed by atoms with Crippen LogP contribution >= 0.6 is 0 Å². The van der Waals surface area contributed by atoms with Gasteiger partial charge in [-0.25, -0.2) is 0 Å². The summed E-state index contributed by atoms with van der Waals surface area (Å²) in [7, 11) is 0. The lowest BCUT2D eigenvalue weighted by Crippen LogP contribution is -2.48. The molecule has 1 heterocycles. The normalized spacial score (nSPS) is 11.1. The van der Waals surface area contributed by atoms with Crippen LogP contribution in [0.3, 0.4) is 0 Å². The van der Waals surface area contributed by atoms with Gasteiger partial charge in [-0.15, -0.1) is 0 Å². The number of amides is 1. The van der Waals surface area contributed by atoms with Gasteiger partial charge in [-0.3, -0.25) is 4.79 Å². The van der Waals surface area contributed by atoms with E-state index in [0.29, 0.717) is 6.54 Å². The van der Waals surface area contributed by atoms with E-state index in [2.05, 4.69) is 5.32 Å². The van der Waals surface area contributed by atoms with Crippen molar-refractivity contribution in [2.75, 3.05) is 0 Å². The quantitative estimate of drug-likeness (QED) is 0.695. The lowest BCUT2D eigenvalue weighted by Gasteiger charge is -2.19. The summed E-state index contributed by atoms with van der Waals surface area (Å²) in [6, 6.07) is 5.74. The van der Waals surface area contributed by atoms with Gasteiger partial charge in [0.25, 0.3) is 5.91 Å². The Morgan fingerprint density at radius 3 is 2.29 bits per heavy atom. The van der Waals surface area contributed by atoms with Crippen LogP contribution in [0.5, 0.6) is 0 Å². The van der Waals surface area contributed by atoms with Crippen LogP contribution in [0.15, 0.2) is 30.6 Å². The number of carbonyl (C=O) groups excluding carboxylic acids is 1. The van der Waals surface area contributed by atoms with Crippen LogP contribution < -0.4 is 9.88 Å². The molecule has 0 saturated carbocycles. The number of pyridine rings is 1. The number of nitrogens with zero attached hydrogens (tertiary/aromatic N) is 1. The fraction of sp³-hybridized carbons (Fsp3) is 0.455. The predicted molar refractivity (Wildman–Crippen MR) is 54.5 cm³/mol. The van der Waals surface area contributed by atoms with Gasteiger partial charge in [0.15, 0.2) is 12.4 Å². The summed E-state index contributed by atoms with van der Waals surface area (Å²) in [5, 5.41) is 2.91. The van der Waals surface area contributed by atoms with Crippen LogP contribution in [0.4, 0.5) is 0 Å². The van der Waals surface area contributed by atoms with Gasteiger partial charge in [-0.1, -0.05) is 6.07 Å². The van der Waals surface area contributed by atoms with Crippen molar-refractivity contribution in [3.05, 3.63) is 30.6 Å². The summed E-state index contributed by atoms with van der Waals surface area (Å²) >= 11 is 0. The molecule has 3 nitrogen and oxygen atoms in total. The zero-order valence-corrected chi connectivity index (χ0v) is 8.95. The third kappa shape index (κ3) is 4.03.